The van der Waals surface area contributed by atoms with E-state index in [-0.39, 0.29) is 6.09 Å². The molecule has 0 saturated carbocycles. The maximum atomic E-state index is 11.4. The van der Waals surface area contributed by atoms with E-state index < -0.39 is 0 Å². The Balaban J connectivity index is 1.57. The lowest BCUT2D eigenvalue weighted by Gasteiger charge is -2.26. The van der Waals surface area contributed by atoms with Crippen LogP contribution in [0.3, 0.4) is 0 Å². The molecular formula is C13H18N2O2. The molecule has 0 aromatic heterocycles. The third-order valence-corrected chi connectivity index (χ3v) is 2.90. The van der Waals surface area contributed by atoms with Gasteiger partial charge in [0.2, 0.25) is 0 Å². The molecule has 0 atom stereocenters. The predicted octanol–water partition coefficient (Wildman–Crippen LogP) is 1.52. The van der Waals surface area contributed by atoms with Gasteiger partial charge in [-0.3, -0.25) is 0 Å². The second-order valence-electron chi connectivity index (χ2n) is 4.30. The van der Waals surface area contributed by atoms with Gasteiger partial charge >= 0.3 is 6.09 Å². The van der Waals surface area contributed by atoms with E-state index in [1.165, 1.54) is 0 Å². The molecule has 1 amide bonds. The lowest BCUT2D eigenvalue weighted by molar-refractivity contribution is 0.138. The Bertz CT molecular complexity index is 350. The highest BCUT2D eigenvalue weighted by atomic mass is 16.5. The van der Waals surface area contributed by atoms with Crippen molar-refractivity contribution in [1.29, 1.82) is 0 Å². The molecule has 1 aromatic carbocycles. The van der Waals surface area contributed by atoms with Crippen LogP contribution in [0.25, 0.3) is 0 Å². The maximum absolute atomic E-state index is 11.4. The first-order valence-corrected chi connectivity index (χ1v) is 6.00. The van der Waals surface area contributed by atoms with Gasteiger partial charge in [-0.1, -0.05) is 30.3 Å². The Morgan fingerprint density at radius 3 is 2.76 bits per heavy atom. The highest BCUT2D eigenvalue weighted by molar-refractivity contribution is 5.67. The van der Waals surface area contributed by atoms with Gasteiger partial charge in [0.15, 0.2) is 0 Å². The molecule has 2 rings (SSSR count). The summed E-state index contributed by atoms with van der Waals surface area (Å²) in [5.74, 6) is 0.712. The van der Waals surface area contributed by atoms with Crippen molar-refractivity contribution >= 4 is 6.09 Å². The summed E-state index contributed by atoms with van der Waals surface area (Å²) in [5.41, 5.74) is 1.01. The van der Waals surface area contributed by atoms with Crippen LogP contribution < -0.4 is 10.6 Å². The predicted molar refractivity (Wildman–Crippen MR) is 65.6 cm³/mol. The Kier molecular flexibility index (Phi) is 4.38. The number of hydrogen-bond donors (Lipinski definition) is 2. The SMILES string of the molecule is O=C(NCCC1CNC1)OCc1ccccc1. The summed E-state index contributed by atoms with van der Waals surface area (Å²) >= 11 is 0. The number of nitrogens with one attached hydrogen (secondary N) is 2. The van der Waals surface area contributed by atoms with Crippen LogP contribution in [0.2, 0.25) is 0 Å². The van der Waals surface area contributed by atoms with Crippen molar-refractivity contribution in [3.8, 4) is 0 Å². The average Bonchev–Trinajstić information content (AvgIpc) is 2.31. The zero-order valence-corrected chi connectivity index (χ0v) is 9.82. The number of ether oxygens (including phenoxy) is 1. The molecule has 0 aliphatic carbocycles. The number of benzene rings is 1. The normalized spacial score (nSPS) is 15.1. The van der Waals surface area contributed by atoms with Crippen LogP contribution in [0.1, 0.15) is 12.0 Å². The summed E-state index contributed by atoms with van der Waals surface area (Å²) in [6.45, 7) is 3.17. The summed E-state index contributed by atoms with van der Waals surface area (Å²) in [4.78, 5) is 11.4. The van der Waals surface area contributed by atoms with E-state index in [0.29, 0.717) is 19.1 Å². The monoisotopic (exact) mass is 234 g/mol. The third kappa shape index (κ3) is 4.07. The molecule has 4 heteroatoms. The van der Waals surface area contributed by atoms with E-state index >= 15 is 0 Å². The molecule has 0 spiro atoms. The standard InChI is InChI=1S/C13H18N2O2/c16-13(15-7-6-12-8-14-9-12)17-10-11-4-2-1-3-5-11/h1-5,12,14H,6-10H2,(H,15,16). The largest absolute Gasteiger partial charge is 0.445 e. The van der Waals surface area contributed by atoms with Crippen molar-refractivity contribution in [3.05, 3.63) is 35.9 Å². The molecule has 1 aliphatic rings. The highest BCUT2D eigenvalue weighted by Gasteiger charge is 2.16. The van der Waals surface area contributed by atoms with Crippen LogP contribution in [0.15, 0.2) is 30.3 Å². The van der Waals surface area contributed by atoms with E-state index in [1.807, 2.05) is 30.3 Å². The lowest BCUT2D eigenvalue weighted by Crippen LogP contribution is -2.43. The number of alkyl carbamates (subject to hydrolysis) is 1. The third-order valence-electron chi connectivity index (χ3n) is 2.90. The van der Waals surface area contributed by atoms with Gasteiger partial charge in [-0.25, -0.2) is 4.79 Å². The van der Waals surface area contributed by atoms with Crippen molar-refractivity contribution in [3.63, 3.8) is 0 Å². The molecule has 92 valence electrons. The van der Waals surface area contributed by atoms with Gasteiger partial charge in [0, 0.05) is 6.54 Å². The van der Waals surface area contributed by atoms with Gasteiger partial charge < -0.3 is 15.4 Å². The minimum atomic E-state index is -0.332. The summed E-state index contributed by atoms with van der Waals surface area (Å²) in [6, 6.07) is 9.68. The van der Waals surface area contributed by atoms with E-state index in [9.17, 15) is 4.79 Å². The second kappa shape index (κ2) is 6.25. The summed E-state index contributed by atoms with van der Waals surface area (Å²) in [6.07, 6.45) is 0.689. The fourth-order valence-corrected chi connectivity index (χ4v) is 1.71. The van der Waals surface area contributed by atoms with Crippen LogP contribution in [-0.4, -0.2) is 25.7 Å². The topological polar surface area (TPSA) is 50.4 Å². The van der Waals surface area contributed by atoms with Crippen LogP contribution in [0, 0.1) is 5.92 Å². The first-order chi connectivity index (χ1) is 8.34. The Hall–Kier alpha value is -1.55. The van der Waals surface area contributed by atoms with Gasteiger partial charge in [-0.05, 0) is 31.0 Å². The first-order valence-electron chi connectivity index (χ1n) is 6.00. The molecule has 4 nitrogen and oxygen atoms in total. The second-order valence-corrected chi connectivity index (χ2v) is 4.30. The summed E-state index contributed by atoms with van der Waals surface area (Å²) in [7, 11) is 0. The molecule has 1 saturated heterocycles. The van der Waals surface area contributed by atoms with E-state index in [2.05, 4.69) is 10.6 Å². The summed E-state index contributed by atoms with van der Waals surface area (Å²) in [5, 5.41) is 5.97. The number of carbonyl (C=O) groups is 1. The van der Waals surface area contributed by atoms with Crippen molar-refractivity contribution in [2.75, 3.05) is 19.6 Å². The van der Waals surface area contributed by atoms with Gasteiger partial charge in [-0.15, -0.1) is 0 Å². The molecule has 2 N–H and O–H groups in total. The number of rotatable bonds is 5. The van der Waals surface area contributed by atoms with Crippen molar-refractivity contribution in [2.45, 2.75) is 13.0 Å². The Labute approximate surface area is 101 Å². The average molecular weight is 234 g/mol. The molecule has 1 heterocycles. The number of hydrogen-bond acceptors (Lipinski definition) is 3. The molecule has 1 fully saturated rings. The van der Waals surface area contributed by atoms with Crippen LogP contribution in [0.5, 0.6) is 0 Å². The number of carbonyl (C=O) groups excluding carboxylic acids is 1. The number of amides is 1. The maximum Gasteiger partial charge on any atom is 0.407 e. The van der Waals surface area contributed by atoms with E-state index in [1.54, 1.807) is 0 Å². The van der Waals surface area contributed by atoms with E-state index in [0.717, 1.165) is 25.1 Å². The fourth-order valence-electron chi connectivity index (χ4n) is 1.71. The minimum Gasteiger partial charge on any atom is -0.445 e. The first kappa shape index (κ1) is 11.9. The van der Waals surface area contributed by atoms with Gasteiger partial charge in [-0.2, -0.15) is 0 Å². The van der Waals surface area contributed by atoms with Crippen LogP contribution in [0.4, 0.5) is 4.79 Å². The van der Waals surface area contributed by atoms with Crippen molar-refractivity contribution < 1.29 is 9.53 Å². The van der Waals surface area contributed by atoms with Gasteiger partial charge in [0.25, 0.3) is 0 Å². The summed E-state index contributed by atoms with van der Waals surface area (Å²) < 4.78 is 5.10. The molecule has 0 unspecified atom stereocenters. The highest BCUT2D eigenvalue weighted by Crippen LogP contribution is 2.06. The zero-order chi connectivity index (χ0) is 11.9. The fraction of sp³-hybridized carbons (Fsp3) is 0.462. The molecule has 0 radical (unpaired) electrons. The lowest BCUT2D eigenvalue weighted by atomic mass is 10.00. The minimum absolute atomic E-state index is 0.331. The van der Waals surface area contributed by atoms with Gasteiger partial charge in [0.05, 0.1) is 0 Å². The van der Waals surface area contributed by atoms with Crippen LogP contribution in [-0.2, 0) is 11.3 Å². The molecule has 0 bridgehead atoms. The van der Waals surface area contributed by atoms with E-state index in [4.69, 9.17) is 4.74 Å². The molecular weight excluding hydrogens is 216 g/mol. The van der Waals surface area contributed by atoms with Crippen LogP contribution >= 0.6 is 0 Å². The Morgan fingerprint density at radius 2 is 2.12 bits per heavy atom. The quantitative estimate of drug-likeness (QED) is 0.812. The molecule has 17 heavy (non-hydrogen) atoms. The van der Waals surface area contributed by atoms with Crippen molar-refractivity contribution in [1.82, 2.24) is 10.6 Å². The Morgan fingerprint density at radius 1 is 1.35 bits per heavy atom. The van der Waals surface area contributed by atoms with Gasteiger partial charge in [0.1, 0.15) is 6.61 Å². The zero-order valence-electron chi connectivity index (χ0n) is 9.82. The van der Waals surface area contributed by atoms with Crippen molar-refractivity contribution in [2.24, 2.45) is 5.92 Å². The molecule has 1 aliphatic heterocycles. The molecule has 1 aromatic rings. The smallest absolute Gasteiger partial charge is 0.407 e.